The van der Waals surface area contributed by atoms with Crippen molar-refractivity contribution in [2.75, 3.05) is 13.1 Å². The van der Waals surface area contributed by atoms with E-state index in [-0.39, 0.29) is 5.03 Å². The Balaban J connectivity index is 1.36. The van der Waals surface area contributed by atoms with Crippen LogP contribution in [0, 0.1) is 11.8 Å². The highest BCUT2D eigenvalue weighted by Crippen LogP contribution is 2.31. The largest absolute Gasteiger partial charge is 0.339 e. The highest BCUT2D eigenvalue weighted by Gasteiger charge is 2.31. The minimum atomic E-state index is -3.47. The lowest BCUT2D eigenvalue weighted by Gasteiger charge is -2.30. The topological polar surface area (TPSA) is 85.9 Å². The molecule has 9 heteroatoms. The molecule has 8 nitrogen and oxygen atoms in total. The van der Waals surface area contributed by atoms with Gasteiger partial charge in [0.2, 0.25) is 0 Å². The van der Waals surface area contributed by atoms with Crippen LogP contribution in [-0.4, -0.2) is 50.1 Å². The van der Waals surface area contributed by atoms with Crippen molar-refractivity contribution in [2.45, 2.75) is 43.7 Å². The molecular weight excluding hydrogens is 340 g/mol. The predicted octanol–water partition coefficient (Wildman–Crippen LogP) is 1.06. The Morgan fingerprint density at radius 3 is 2.52 bits per heavy atom. The van der Waals surface area contributed by atoms with Crippen molar-refractivity contribution in [1.29, 1.82) is 0 Å². The van der Waals surface area contributed by atoms with Crippen LogP contribution >= 0.6 is 0 Å². The molecule has 0 radical (unpaired) electrons. The van der Waals surface area contributed by atoms with Gasteiger partial charge in [-0.2, -0.15) is 4.31 Å². The van der Waals surface area contributed by atoms with Crippen molar-refractivity contribution in [1.82, 2.24) is 28.6 Å². The zero-order chi connectivity index (χ0) is 17.4. The molecule has 0 amide bonds. The fraction of sp³-hybridized carbons (Fsp3) is 0.688. The SMILES string of the molecule is Cn1cnc(S(=O)(=O)N2CCC(Cc3nncn3CC3CC3)CC2)c1. The zero-order valence-corrected chi connectivity index (χ0v) is 15.3. The molecule has 3 heterocycles. The molecule has 2 aromatic rings. The van der Waals surface area contributed by atoms with Gasteiger partial charge in [-0.15, -0.1) is 10.2 Å². The molecule has 1 aliphatic heterocycles. The summed E-state index contributed by atoms with van der Waals surface area (Å²) in [6.07, 6.45) is 10.1. The first-order chi connectivity index (χ1) is 12.0. The van der Waals surface area contributed by atoms with E-state index in [0.717, 1.165) is 37.5 Å². The quantitative estimate of drug-likeness (QED) is 0.765. The molecular formula is C16H24N6O2S. The lowest BCUT2D eigenvalue weighted by Crippen LogP contribution is -2.39. The van der Waals surface area contributed by atoms with Gasteiger partial charge in [-0.3, -0.25) is 0 Å². The molecule has 2 fully saturated rings. The van der Waals surface area contributed by atoms with Gasteiger partial charge < -0.3 is 9.13 Å². The predicted molar refractivity (Wildman–Crippen MR) is 91.1 cm³/mol. The van der Waals surface area contributed by atoms with E-state index < -0.39 is 10.0 Å². The van der Waals surface area contributed by atoms with Crippen molar-refractivity contribution in [3.05, 3.63) is 24.7 Å². The van der Waals surface area contributed by atoms with E-state index in [0.29, 0.717) is 19.0 Å². The minimum Gasteiger partial charge on any atom is -0.339 e. The van der Waals surface area contributed by atoms with Gasteiger partial charge in [0.05, 0.1) is 6.33 Å². The van der Waals surface area contributed by atoms with E-state index in [1.807, 2.05) is 6.33 Å². The fourth-order valence-corrected chi connectivity index (χ4v) is 4.87. The second-order valence-corrected chi connectivity index (χ2v) is 9.16. The maximum Gasteiger partial charge on any atom is 0.262 e. The Morgan fingerprint density at radius 2 is 1.88 bits per heavy atom. The van der Waals surface area contributed by atoms with Crippen molar-refractivity contribution in [3.63, 3.8) is 0 Å². The number of nitrogens with zero attached hydrogens (tertiary/aromatic N) is 6. The summed E-state index contributed by atoms with van der Waals surface area (Å²) in [5.41, 5.74) is 0. The maximum atomic E-state index is 12.6. The third-order valence-corrected chi connectivity index (χ3v) is 6.96. The Bertz CT molecular complexity index is 830. The summed E-state index contributed by atoms with van der Waals surface area (Å²) >= 11 is 0. The van der Waals surface area contributed by atoms with Crippen molar-refractivity contribution in [2.24, 2.45) is 18.9 Å². The number of sulfonamides is 1. The monoisotopic (exact) mass is 364 g/mol. The van der Waals surface area contributed by atoms with Crippen LogP contribution in [0.25, 0.3) is 0 Å². The van der Waals surface area contributed by atoms with Crippen LogP contribution in [0.5, 0.6) is 0 Å². The normalized spacial score (nSPS) is 20.2. The van der Waals surface area contributed by atoms with E-state index in [2.05, 4.69) is 19.7 Å². The molecule has 0 bridgehead atoms. The van der Waals surface area contributed by atoms with Gasteiger partial charge in [0, 0.05) is 39.3 Å². The molecule has 1 saturated carbocycles. The standard InChI is InChI=1S/C16H24N6O2S/c1-20-10-16(17-11-20)25(23,24)22-6-4-13(5-7-22)8-15-19-18-12-21(15)9-14-2-3-14/h10-14H,2-9H2,1H3. The molecule has 0 N–H and O–H groups in total. The molecule has 0 unspecified atom stereocenters. The Labute approximate surface area is 147 Å². The average Bonchev–Trinajstić information content (AvgIpc) is 3.13. The van der Waals surface area contributed by atoms with Gasteiger partial charge in [-0.05, 0) is 37.5 Å². The van der Waals surface area contributed by atoms with Crippen molar-refractivity contribution in [3.8, 4) is 0 Å². The first kappa shape index (κ1) is 16.7. The summed E-state index contributed by atoms with van der Waals surface area (Å²) in [6.45, 7) is 2.11. The fourth-order valence-electron chi connectivity index (χ4n) is 3.43. The van der Waals surface area contributed by atoms with E-state index in [4.69, 9.17) is 0 Å². The van der Waals surface area contributed by atoms with Crippen molar-refractivity contribution < 1.29 is 8.42 Å². The zero-order valence-electron chi connectivity index (χ0n) is 14.5. The summed E-state index contributed by atoms with van der Waals surface area (Å²) in [5, 5.41) is 8.48. The first-order valence-corrected chi connectivity index (χ1v) is 10.3. The molecule has 0 atom stereocenters. The van der Waals surface area contributed by atoms with Crippen LogP contribution in [0.3, 0.4) is 0 Å². The molecule has 136 valence electrons. The van der Waals surface area contributed by atoms with Crippen LogP contribution in [-0.2, 0) is 30.0 Å². The van der Waals surface area contributed by atoms with Crippen LogP contribution in [0.1, 0.15) is 31.5 Å². The number of hydrogen-bond donors (Lipinski definition) is 0. The Hall–Kier alpha value is -1.74. The molecule has 1 saturated heterocycles. The highest BCUT2D eigenvalue weighted by atomic mass is 32.2. The molecule has 2 aliphatic rings. The van der Waals surface area contributed by atoms with Gasteiger partial charge >= 0.3 is 0 Å². The van der Waals surface area contributed by atoms with Gasteiger partial charge in [-0.25, -0.2) is 13.4 Å². The number of rotatable bonds is 6. The molecule has 0 aromatic carbocycles. The minimum absolute atomic E-state index is 0.137. The first-order valence-electron chi connectivity index (χ1n) is 8.87. The Morgan fingerprint density at radius 1 is 1.12 bits per heavy atom. The number of imidazole rings is 1. The number of aryl methyl sites for hydroxylation is 1. The number of piperidine rings is 1. The van der Waals surface area contributed by atoms with Crippen molar-refractivity contribution >= 4 is 10.0 Å². The van der Waals surface area contributed by atoms with E-state index in [1.54, 1.807) is 22.1 Å². The molecule has 0 spiro atoms. The van der Waals surface area contributed by atoms with Gasteiger partial charge in [0.25, 0.3) is 10.0 Å². The summed E-state index contributed by atoms with van der Waals surface area (Å²) in [4.78, 5) is 4.00. The van der Waals surface area contributed by atoms with E-state index in [1.165, 1.54) is 19.2 Å². The van der Waals surface area contributed by atoms with Gasteiger partial charge in [0.15, 0.2) is 5.03 Å². The molecule has 2 aromatic heterocycles. The number of hydrogen-bond acceptors (Lipinski definition) is 5. The van der Waals surface area contributed by atoms with E-state index in [9.17, 15) is 8.42 Å². The van der Waals surface area contributed by atoms with E-state index >= 15 is 0 Å². The number of aromatic nitrogens is 5. The van der Waals surface area contributed by atoms with Crippen LogP contribution in [0.2, 0.25) is 0 Å². The third kappa shape index (κ3) is 3.62. The second-order valence-electron chi connectivity index (χ2n) is 7.27. The van der Waals surface area contributed by atoms with Crippen LogP contribution in [0.15, 0.2) is 23.9 Å². The maximum absolute atomic E-state index is 12.6. The van der Waals surface area contributed by atoms with Gasteiger partial charge in [-0.1, -0.05) is 0 Å². The Kier molecular flexibility index (Phi) is 4.36. The average molecular weight is 364 g/mol. The molecule has 1 aliphatic carbocycles. The van der Waals surface area contributed by atoms with Crippen LogP contribution in [0.4, 0.5) is 0 Å². The highest BCUT2D eigenvalue weighted by molar-refractivity contribution is 7.89. The lowest BCUT2D eigenvalue weighted by atomic mass is 9.94. The second kappa shape index (κ2) is 6.53. The summed E-state index contributed by atoms with van der Waals surface area (Å²) in [5.74, 6) is 2.29. The summed E-state index contributed by atoms with van der Waals surface area (Å²) < 4.78 is 30.7. The van der Waals surface area contributed by atoms with Gasteiger partial charge in [0.1, 0.15) is 12.2 Å². The lowest BCUT2D eigenvalue weighted by molar-refractivity contribution is 0.268. The smallest absolute Gasteiger partial charge is 0.262 e. The molecule has 4 rings (SSSR count). The third-order valence-electron chi connectivity index (χ3n) is 5.18. The summed E-state index contributed by atoms with van der Waals surface area (Å²) in [6, 6.07) is 0. The van der Waals surface area contributed by atoms with Crippen LogP contribution < -0.4 is 0 Å². The summed E-state index contributed by atoms with van der Waals surface area (Å²) in [7, 11) is -1.70. The molecule has 25 heavy (non-hydrogen) atoms.